The summed E-state index contributed by atoms with van der Waals surface area (Å²) in [5.74, 6) is -0.0864. The maximum Gasteiger partial charge on any atom is 0.217 e. The number of hydrogen-bond acceptors (Lipinski definition) is 3. The van der Waals surface area contributed by atoms with Crippen LogP contribution in [0.5, 0.6) is 0 Å². The summed E-state index contributed by atoms with van der Waals surface area (Å²) in [5, 5.41) is 9.52. The minimum atomic E-state index is -3.30. The van der Waals surface area contributed by atoms with E-state index < -0.39 is 15.6 Å². The Kier molecular flexibility index (Phi) is 4.77. The molecule has 5 heteroatoms. The van der Waals surface area contributed by atoms with Crippen LogP contribution in [0.25, 0.3) is 0 Å². The van der Waals surface area contributed by atoms with Gasteiger partial charge in [0, 0.05) is 13.1 Å². The van der Waals surface area contributed by atoms with Gasteiger partial charge >= 0.3 is 0 Å². The van der Waals surface area contributed by atoms with E-state index in [1.807, 2.05) is 0 Å². The zero-order valence-electron chi connectivity index (χ0n) is 9.02. The van der Waals surface area contributed by atoms with Gasteiger partial charge in [0.1, 0.15) is 0 Å². The van der Waals surface area contributed by atoms with Crippen molar-refractivity contribution in [2.45, 2.75) is 26.4 Å². The van der Waals surface area contributed by atoms with Crippen molar-refractivity contribution >= 4 is 10.0 Å². The third-order valence-corrected chi connectivity index (χ3v) is 3.47. The summed E-state index contributed by atoms with van der Waals surface area (Å²) in [5.41, 5.74) is -1.01. The van der Waals surface area contributed by atoms with Crippen LogP contribution in [0.1, 0.15) is 20.8 Å². The first kappa shape index (κ1) is 13.6. The van der Waals surface area contributed by atoms with E-state index in [2.05, 4.69) is 6.58 Å². The summed E-state index contributed by atoms with van der Waals surface area (Å²) < 4.78 is 24.4. The lowest BCUT2D eigenvalue weighted by molar-refractivity contribution is 0.0602. The molecule has 0 radical (unpaired) electrons. The van der Waals surface area contributed by atoms with E-state index in [-0.39, 0.29) is 12.3 Å². The predicted octanol–water partition coefficient (Wildman–Crippen LogP) is 0.595. The Bertz CT molecular complexity index is 277. The van der Waals surface area contributed by atoms with Crippen LogP contribution < -0.4 is 0 Å². The zero-order valence-corrected chi connectivity index (χ0v) is 9.84. The smallest absolute Gasteiger partial charge is 0.217 e. The SMILES string of the molecule is C=CCS(=O)(=O)N(CC)CC(C)(C)O. The van der Waals surface area contributed by atoms with Gasteiger partial charge in [0.15, 0.2) is 0 Å². The van der Waals surface area contributed by atoms with Crippen LogP contribution in [-0.4, -0.2) is 42.3 Å². The molecular formula is C9H19NO3S. The molecule has 0 unspecified atom stereocenters. The van der Waals surface area contributed by atoms with Crippen molar-refractivity contribution in [1.29, 1.82) is 0 Å². The van der Waals surface area contributed by atoms with Crippen LogP contribution in [-0.2, 0) is 10.0 Å². The fourth-order valence-corrected chi connectivity index (χ4v) is 2.51. The average molecular weight is 221 g/mol. The van der Waals surface area contributed by atoms with Crippen molar-refractivity contribution in [3.05, 3.63) is 12.7 Å². The quantitative estimate of drug-likeness (QED) is 0.668. The maximum absolute atomic E-state index is 11.6. The van der Waals surface area contributed by atoms with Crippen molar-refractivity contribution in [3.63, 3.8) is 0 Å². The molecule has 0 aliphatic heterocycles. The number of sulfonamides is 1. The second-order valence-electron chi connectivity index (χ2n) is 3.81. The Hall–Kier alpha value is -0.390. The summed E-state index contributed by atoms with van der Waals surface area (Å²) in [6, 6.07) is 0. The largest absolute Gasteiger partial charge is 0.389 e. The minimum Gasteiger partial charge on any atom is -0.389 e. The van der Waals surface area contributed by atoms with E-state index in [1.54, 1.807) is 20.8 Å². The van der Waals surface area contributed by atoms with Gasteiger partial charge in [-0.15, -0.1) is 6.58 Å². The van der Waals surface area contributed by atoms with Gasteiger partial charge in [-0.1, -0.05) is 13.0 Å². The Morgan fingerprint density at radius 1 is 1.50 bits per heavy atom. The molecule has 0 atom stereocenters. The molecule has 14 heavy (non-hydrogen) atoms. The van der Waals surface area contributed by atoms with Crippen molar-refractivity contribution in [2.75, 3.05) is 18.8 Å². The molecule has 0 spiro atoms. The average Bonchev–Trinajstić information content (AvgIpc) is 1.98. The highest BCUT2D eigenvalue weighted by atomic mass is 32.2. The van der Waals surface area contributed by atoms with E-state index >= 15 is 0 Å². The lowest BCUT2D eigenvalue weighted by Crippen LogP contribution is -2.42. The maximum atomic E-state index is 11.6. The number of nitrogens with zero attached hydrogens (tertiary/aromatic N) is 1. The van der Waals surface area contributed by atoms with Crippen molar-refractivity contribution in [1.82, 2.24) is 4.31 Å². The van der Waals surface area contributed by atoms with Crippen molar-refractivity contribution in [3.8, 4) is 0 Å². The summed E-state index contributed by atoms with van der Waals surface area (Å²) in [6.07, 6.45) is 1.35. The molecule has 0 saturated heterocycles. The van der Waals surface area contributed by atoms with E-state index in [1.165, 1.54) is 10.4 Å². The number of hydrogen-bond donors (Lipinski definition) is 1. The molecule has 84 valence electrons. The highest BCUT2D eigenvalue weighted by Crippen LogP contribution is 2.09. The fraction of sp³-hybridized carbons (Fsp3) is 0.778. The van der Waals surface area contributed by atoms with Crippen molar-refractivity contribution in [2.24, 2.45) is 0 Å². The highest BCUT2D eigenvalue weighted by Gasteiger charge is 2.25. The molecule has 0 aromatic carbocycles. The second-order valence-corrected chi connectivity index (χ2v) is 5.82. The van der Waals surface area contributed by atoms with E-state index in [9.17, 15) is 13.5 Å². The molecule has 0 heterocycles. The van der Waals surface area contributed by atoms with Crippen LogP contribution in [0.15, 0.2) is 12.7 Å². The van der Waals surface area contributed by atoms with E-state index in [0.717, 1.165) is 0 Å². The molecule has 1 N–H and O–H groups in total. The number of likely N-dealkylation sites (N-methyl/N-ethyl adjacent to an activating group) is 1. The first-order valence-corrected chi connectivity index (χ1v) is 6.15. The summed E-state index contributed by atoms with van der Waals surface area (Å²) >= 11 is 0. The molecule has 0 aromatic rings. The van der Waals surface area contributed by atoms with Gasteiger partial charge in [-0.3, -0.25) is 0 Å². The number of aliphatic hydroxyl groups is 1. The van der Waals surface area contributed by atoms with Crippen LogP contribution in [0.2, 0.25) is 0 Å². The van der Waals surface area contributed by atoms with Crippen molar-refractivity contribution < 1.29 is 13.5 Å². The topological polar surface area (TPSA) is 57.6 Å². The molecule has 4 nitrogen and oxygen atoms in total. The molecule has 0 aromatic heterocycles. The molecule has 0 amide bonds. The van der Waals surface area contributed by atoms with Crippen LogP contribution in [0.4, 0.5) is 0 Å². The van der Waals surface area contributed by atoms with Crippen LogP contribution in [0.3, 0.4) is 0 Å². The van der Waals surface area contributed by atoms with E-state index in [4.69, 9.17) is 0 Å². The molecule has 0 saturated carbocycles. The molecule has 0 fully saturated rings. The molecule has 0 bridgehead atoms. The third kappa shape index (κ3) is 4.74. The van der Waals surface area contributed by atoms with E-state index in [0.29, 0.717) is 6.54 Å². The van der Waals surface area contributed by atoms with Crippen LogP contribution in [0, 0.1) is 0 Å². The predicted molar refractivity (Wildman–Crippen MR) is 57.5 cm³/mol. The normalized spacial score (nSPS) is 13.2. The van der Waals surface area contributed by atoms with Gasteiger partial charge in [-0.25, -0.2) is 8.42 Å². The van der Waals surface area contributed by atoms with Gasteiger partial charge in [0.05, 0.1) is 11.4 Å². The number of rotatable bonds is 6. The summed E-state index contributed by atoms with van der Waals surface area (Å²) in [6.45, 7) is 8.77. The minimum absolute atomic E-state index is 0.0864. The molecule has 0 aliphatic carbocycles. The standard InChI is InChI=1S/C9H19NO3S/c1-5-7-14(12,13)10(6-2)8-9(3,4)11/h5,11H,1,6-8H2,2-4H3. The highest BCUT2D eigenvalue weighted by molar-refractivity contribution is 7.89. The first-order valence-electron chi connectivity index (χ1n) is 4.54. The zero-order chi connectivity index (χ0) is 11.4. The summed E-state index contributed by atoms with van der Waals surface area (Å²) in [4.78, 5) is 0. The van der Waals surface area contributed by atoms with Gasteiger partial charge in [-0.05, 0) is 13.8 Å². The Morgan fingerprint density at radius 2 is 2.00 bits per heavy atom. The summed E-state index contributed by atoms with van der Waals surface area (Å²) in [7, 11) is -3.30. The fourth-order valence-electron chi connectivity index (χ4n) is 1.09. The molecule has 0 aliphatic rings. The van der Waals surface area contributed by atoms with Gasteiger partial charge in [0.2, 0.25) is 10.0 Å². The van der Waals surface area contributed by atoms with Gasteiger partial charge in [-0.2, -0.15) is 4.31 Å². The Balaban J connectivity index is 4.65. The molecule has 0 rings (SSSR count). The lowest BCUT2D eigenvalue weighted by Gasteiger charge is -2.26. The van der Waals surface area contributed by atoms with Gasteiger partial charge in [0.25, 0.3) is 0 Å². The Labute approximate surface area is 86.3 Å². The first-order chi connectivity index (χ1) is 6.23. The lowest BCUT2D eigenvalue weighted by atomic mass is 10.1. The van der Waals surface area contributed by atoms with Gasteiger partial charge < -0.3 is 5.11 Å². The monoisotopic (exact) mass is 221 g/mol. The second kappa shape index (κ2) is 4.91. The Morgan fingerprint density at radius 3 is 2.29 bits per heavy atom. The third-order valence-electron chi connectivity index (χ3n) is 1.64. The van der Waals surface area contributed by atoms with Crippen LogP contribution >= 0.6 is 0 Å². The molecular weight excluding hydrogens is 202 g/mol.